The van der Waals surface area contributed by atoms with Gasteiger partial charge < -0.3 is 0 Å². The molecule has 1 aromatic heterocycles. The lowest BCUT2D eigenvalue weighted by molar-refractivity contribution is 0.809. The molecule has 2 nitrogen and oxygen atoms in total. The van der Waals surface area contributed by atoms with Crippen LogP contribution in [0.25, 0.3) is 0 Å². The standard InChI is InChI=1S/C7H8N2S/c1-2-6-7(10-5-1)9-4-3-8-6/h3-4H,1-2,5H2. The van der Waals surface area contributed by atoms with Crippen LogP contribution in [-0.2, 0) is 6.42 Å². The Labute approximate surface area is 64.1 Å². The fourth-order valence-corrected chi connectivity index (χ4v) is 1.99. The Morgan fingerprint density at radius 3 is 3.10 bits per heavy atom. The highest BCUT2D eigenvalue weighted by atomic mass is 32.2. The zero-order chi connectivity index (χ0) is 6.81. The quantitative estimate of drug-likeness (QED) is 0.563. The molecule has 0 aromatic carbocycles. The number of thioether (sulfide) groups is 1. The maximum Gasteiger partial charge on any atom is 0.118 e. The molecule has 2 heterocycles. The average Bonchev–Trinajstić information content (AvgIpc) is 2.05. The SMILES string of the molecule is c1cnc2c(n1)CCCS2. The number of aryl methyl sites for hydroxylation is 1. The lowest BCUT2D eigenvalue weighted by atomic mass is 10.2. The van der Waals surface area contributed by atoms with E-state index in [1.165, 1.54) is 17.9 Å². The molecule has 3 heteroatoms. The van der Waals surface area contributed by atoms with Crippen molar-refractivity contribution >= 4 is 11.8 Å². The molecule has 0 saturated carbocycles. The fraction of sp³-hybridized carbons (Fsp3) is 0.429. The highest BCUT2D eigenvalue weighted by molar-refractivity contribution is 7.99. The Bertz CT molecular complexity index is 212. The third-order valence-corrected chi connectivity index (χ3v) is 2.64. The van der Waals surface area contributed by atoms with Gasteiger partial charge >= 0.3 is 0 Å². The van der Waals surface area contributed by atoms with Gasteiger partial charge in [-0.2, -0.15) is 0 Å². The predicted octanol–water partition coefficient (Wildman–Crippen LogP) is 1.51. The first-order chi connectivity index (χ1) is 4.97. The molecule has 0 saturated heterocycles. The maximum atomic E-state index is 4.24. The van der Waals surface area contributed by atoms with Crippen molar-refractivity contribution in [2.24, 2.45) is 0 Å². The molecule has 52 valence electrons. The Morgan fingerprint density at radius 2 is 2.20 bits per heavy atom. The third-order valence-electron chi connectivity index (χ3n) is 1.53. The summed E-state index contributed by atoms with van der Waals surface area (Å²) in [6.45, 7) is 0. The van der Waals surface area contributed by atoms with E-state index in [9.17, 15) is 0 Å². The maximum absolute atomic E-state index is 4.24. The summed E-state index contributed by atoms with van der Waals surface area (Å²) in [6, 6.07) is 0. The fourth-order valence-electron chi connectivity index (χ4n) is 1.05. The Morgan fingerprint density at radius 1 is 1.30 bits per heavy atom. The van der Waals surface area contributed by atoms with Crippen molar-refractivity contribution in [3.05, 3.63) is 18.1 Å². The van der Waals surface area contributed by atoms with Gasteiger partial charge in [0.05, 0.1) is 5.69 Å². The third kappa shape index (κ3) is 1.01. The second-order valence-electron chi connectivity index (χ2n) is 2.26. The van der Waals surface area contributed by atoms with Crippen molar-refractivity contribution in [1.29, 1.82) is 0 Å². The van der Waals surface area contributed by atoms with E-state index in [-0.39, 0.29) is 0 Å². The predicted molar refractivity (Wildman–Crippen MR) is 41.1 cm³/mol. The molecule has 0 amide bonds. The second kappa shape index (κ2) is 2.58. The normalized spacial score (nSPS) is 16.4. The van der Waals surface area contributed by atoms with Crippen molar-refractivity contribution in [3.63, 3.8) is 0 Å². The minimum absolute atomic E-state index is 1.11. The molecule has 0 spiro atoms. The number of fused-ring (bicyclic) bond motifs is 1. The van der Waals surface area contributed by atoms with E-state index < -0.39 is 0 Å². The first-order valence-electron chi connectivity index (χ1n) is 3.39. The van der Waals surface area contributed by atoms with Gasteiger partial charge in [-0.05, 0) is 18.6 Å². The van der Waals surface area contributed by atoms with E-state index >= 15 is 0 Å². The number of aromatic nitrogens is 2. The van der Waals surface area contributed by atoms with Crippen LogP contribution in [-0.4, -0.2) is 15.7 Å². The number of hydrogen-bond acceptors (Lipinski definition) is 3. The molecule has 0 N–H and O–H groups in total. The minimum atomic E-state index is 1.11. The van der Waals surface area contributed by atoms with Crippen molar-refractivity contribution < 1.29 is 0 Å². The first-order valence-corrected chi connectivity index (χ1v) is 4.38. The largest absolute Gasteiger partial charge is 0.257 e. The summed E-state index contributed by atoms with van der Waals surface area (Å²) >= 11 is 1.82. The molecular weight excluding hydrogens is 144 g/mol. The summed E-state index contributed by atoms with van der Waals surface area (Å²) in [5.41, 5.74) is 1.18. The van der Waals surface area contributed by atoms with E-state index in [0.29, 0.717) is 0 Å². The van der Waals surface area contributed by atoms with Crippen LogP contribution in [0.1, 0.15) is 12.1 Å². The van der Waals surface area contributed by atoms with Gasteiger partial charge in [0.2, 0.25) is 0 Å². The molecule has 1 aliphatic rings. The molecule has 0 bridgehead atoms. The van der Waals surface area contributed by atoms with Crippen LogP contribution in [0.2, 0.25) is 0 Å². The summed E-state index contributed by atoms with van der Waals surface area (Å²) in [5.74, 6) is 1.20. The molecule has 1 aromatic rings. The smallest absolute Gasteiger partial charge is 0.118 e. The monoisotopic (exact) mass is 152 g/mol. The second-order valence-corrected chi connectivity index (χ2v) is 3.34. The van der Waals surface area contributed by atoms with Crippen LogP contribution in [0.15, 0.2) is 17.4 Å². The van der Waals surface area contributed by atoms with Crippen molar-refractivity contribution in [2.75, 3.05) is 5.75 Å². The molecule has 1 aliphatic heterocycles. The molecule has 2 rings (SSSR count). The number of rotatable bonds is 0. The molecule has 0 unspecified atom stereocenters. The van der Waals surface area contributed by atoms with Gasteiger partial charge in [-0.15, -0.1) is 11.8 Å². The highest BCUT2D eigenvalue weighted by Gasteiger charge is 2.09. The van der Waals surface area contributed by atoms with E-state index in [0.717, 1.165) is 11.4 Å². The van der Waals surface area contributed by atoms with Gasteiger partial charge in [-0.1, -0.05) is 0 Å². The number of hydrogen-bond donors (Lipinski definition) is 0. The molecule has 0 atom stereocenters. The van der Waals surface area contributed by atoms with Crippen LogP contribution < -0.4 is 0 Å². The van der Waals surface area contributed by atoms with Crippen LogP contribution in [0.3, 0.4) is 0 Å². The van der Waals surface area contributed by atoms with Gasteiger partial charge in [0.25, 0.3) is 0 Å². The van der Waals surface area contributed by atoms with Gasteiger partial charge in [0, 0.05) is 12.4 Å². The van der Waals surface area contributed by atoms with E-state index in [4.69, 9.17) is 0 Å². The molecular formula is C7H8N2S. The van der Waals surface area contributed by atoms with Crippen molar-refractivity contribution in [2.45, 2.75) is 17.9 Å². The molecule has 0 fully saturated rings. The molecule has 0 aliphatic carbocycles. The average molecular weight is 152 g/mol. The molecule has 0 radical (unpaired) electrons. The summed E-state index contributed by atoms with van der Waals surface area (Å²) < 4.78 is 0. The van der Waals surface area contributed by atoms with Crippen LogP contribution in [0.5, 0.6) is 0 Å². The van der Waals surface area contributed by atoms with Gasteiger partial charge in [-0.3, -0.25) is 4.98 Å². The van der Waals surface area contributed by atoms with Crippen molar-refractivity contribution in [3.8, 4) is 0 Å². The lowest BCUT2D eigenvalue weighted by Crippen LogP contribution is -2.02. The van der Waals surface area contributed by atoms with Crippen molar-refractivity contribution in [1.82, 2.24) is 9.97 Å². The zero-order valence-corrected chi connectivity index (χ0v) is 6.40. The van der Waals surface area contributed by atoms with E-state index in [1.54, 1.807) is 12.4 Å². The Hall–Kier alpha value is -0.570. The zero-order valence-electron chi connectivity index (χ0n) is 5.58. The highest BCUT2D eigenvalue weighted by Crippen LogP contribution is 2.25. The van der Waals surface area contributed by atoms with Crippen LogP contribution in [0, 0.1) is 0 Å². The van der Waals surface area contributed by atoms with Crippen LogP contribution in [0.4, 0.5) is 0 Å². The molecule has 10 heavy (non-hydrogen) atoms. The first kappa shape index (κ1) is 6.16. The Balaban J connectivity index is 2.41. The Kier molecular flexibility index (Phi) is 1.59. The minimum Gasteiger partial charge on any atom is -0.257 e. The van der Waals surface area contributed by atoms with Gasteiger partial charge in [-0.25, -0.2) is 4.98 Å². The summed E-state index contributed by atoms with van der Waals surface area (Å²) in [4.78, 5) is 8.46. The lowest BCUT2D eigenvalue weighted by Gasteiger charge is -2.10. The summed E-state index contributed by atoms with van der Waals surface area (Å²) in [5, 5.41) is 1.13. The topological polar surface area (TPSA) is 25.8 Å². The van der Waals surface area contributed by atoms with Crippen LogP contribution >= 0.6 is 11.8 Å². The summed E-state index contributed by atoms with van der Waals surface area (Å²) in [6.07, 6.45) is 5.88. The van der Waals surface area contributed by atoms with E-state index in [1.807, 2.05) is 11.8 Å². The van der Waals surface area contributed by atoms with Gasteiger partial charge in [0.15, 0.2) is 0 Å². The van der Waals surface area contributed by atoms with Gasteiger partial charge in [0.1, 0.15) is 5.03 Å². The van der Waals surface area contributed by atoms with E-state index in [2.05, 4.69) is 9.97 Å². The summed E-state index contributed by atoms with van der Waals surface area (Å²) in [7, 11) is 0. The number of nitrogens with zero attached hydrogens (tertiary/aromatic N) is 2.